The van der Waals surface area contributed by atoms with Crippen molar-refractivity contribution >= 4 is 23.5 Å². The summed E-state index contributed by atoms with van der Waals surface area (Å²) in [6.45, 7) is 1.50. The van der Waals surface area contributed by atoms with Gasteiger partial charge in [-0.2, -0.15) is 0 Å². The summed E-state index contributed by atoms with van der Waals surface area (Å²) >= 11 is 5.67. The molecule has 1 rings (SSSR count). The van der Waals surface area contributed by atoms with Gasteiger partial charge in [-0.05, 0) is 17.7 Å². The highest BCUT2D eigenvalue weighted by Gasteiger charge is 2.11. The Kier molecular flexibility index (Phi) is 6.87. The van der Waals surface area contributed by atoms with Gasteiger partial charge in [-0.15, -0.1) is 11.6 Å². The first kappa shape index (κ1) is 16.3. The van der Waals surface area contributed by atoms with Gasteiger partial charge in [-0.25, -0.2) is 0 Å². The number of esters is 2. The fourth-order valence-corrected chi connectivity index (χ4v) is 1.63. The maximum atomic E-state index is 11.1. The van der Waals surface area contributed by atoms with E-state index in [1.54, 1.807) is 24.3 Å². The van der Waals surface area contributed by atoms with E-state index >= 15 is 0 Å². The van der Waals surface area contributed by atoms with Crippen LogP contribution in [-0.2, 0) is 25.5 Å². The zero-order chi connectivity index (χ0) is 15.0. The number of hydrogen-bond acceptors (Lipinski definition) is 5. The Balaban J connectivity index is 2.48. The predicted molar refractivity (Wildman–Crippen MR) is 73.9 cm³/mol. The molecule has 0 aliphatic rings. The molecular weight excluding hydrogens is 284 g/mol. The number of hydrogen-bond donors (Lipinski definition) is 0. The Hall–Kier alpha value is -1.75. The van der Waals surface area contributed by atoms with Gasteiger partial charge in [-0.3, -0.25) is 9.59 Å². The average molecular weight is 301 g/mol. The van der Waals surface area contributed by atoms with Crippen LogP contribution in [0.5, 0.6) is 5.75 Å². The molecule has 0 radical (unpaired) electrons. The van der Waals surface area contributed by atoms with Crippen molar-refractivity contribution in [1.82, 2.24) is 0 Å². The van der Waals surface area contributed by atoms with Crippen molar-refractivity contribution in [2.24, 2.45) is 0 Å². The lowest BCUT2D eigenvalue weighted by molar-refractivity contribution is -0.146. The predicted octanol–water partition coefficient (Wildman–Crippen LogP) is 1.95. The summed E-state index contributed by atoms with van der Waals surface area (Å²) in [5, 5.41) is 0. The molecule has 1 aromatic rings. The van der Waals surface area contributed by atoms with Gasteiger partial charge in [0.05, 0.1) is 19.4 Å². The average Bonchev–Trinajstić information content (AvgIpc) is 2.44. The Morgan fingerprint density at radius 2 is 1.90 bits per heavy atom. The van der Waals surface area contributed by atoms with Gasteiger partial charge in [-0.1, -0.05) is 12.1 Å². The number of methoxy groups -OCH3 is 1. The van der Waals surface area contributed by atoms with E-state index < -0.39 is 12.1 Å². The number of ether oxygens (including phenoxy) is 3. The summed E-state index contributed by atoms with van der Waals surface area (Å²) in [5.41, 5.74) is 0.832. The third-order valence-corrected chi connectivity index (χ3v) is 2.78. The van der Waals surface area contributed by atoms with Crippen molar-refractivity contribution in [3.63, 3.8) is 0 Å². The van der Waals surface area contributed by atoms with E-state index in [1.807, 2.05) is 0 Å². The van der Waals surface area contributed by atoms with Crippen LogP contribution in [0.4, 0.5) is 0 Å². The molecule has 110 valence electrons. The number of rotatable bonds is 7. The molecule has 5 nitrogen and oxygen atoms in total. The summed E-state index contributed by atoms with van der Waals surface area (Å²) in [7, 11) is 1.35. The molecule has 0 spiro atoms. The van der Waals surface area contributed by atoms with E-state index in [9.17, 15) is 9.59 Å². The van der Waals surface area contributed by atoms with Gasteiger partial charge in [0.15, 0.2) is 0 Å². The van der Waals surface area contributed by atoms with Crippen molar-refractivity contribution in [2.75, 3.05) is 19.6 Å². The number of halogens is 1. The number of carbonyl (C=O) groups is 2. The zero-order valence-electron chi connectivity index (χ0n) is 11.4. The van der Waals surface area contributed by atoms with E-state index in [0.717, 1.165) is 5.56 Å². The van der Waals surface area contributed by atoms with Gasteiger partial charge in [0.2, 0.25) is 0 Å². The molecule has 0 aliphatic heterocycles. The third kappa shape index (κ3) is 5.93. The van der Waals surface area contributed by atoms with Crippen molar-refractivity contribution in [1.29, 1.82) is 0 Å². The van der Waals surface area contributed by atoms with Gasteiger partial charge in [0, 0.05) is 6.92 Å². The van der Waals surface area contributed by atoms with E-state index in [0.29, 0.717) is 5.75 Å². The zero-order valence-corrected chi connectivity index (χ0v) is 12.2. The van der Waals surface area contributed by atoms with Crippen molar-refractivity contribution in [3.05, 3.63) is 29.8 Å². The topological polar surface area (TPSA) is 61.8 Å². The molecule has 0 aromatic heterocycles. The van der Waals surface area contributed by atoms with E-state index in [-0.39, 0.29) is 24.9 Å². The molecule has 0 saturated carbocycles. The number of benzene rings is 1. The normalized spacial score (nSPS) is 11.6. The maximum Gasteiger partial charge on any atom is 0.309 e. The molecule has 0 amide bonds. The Morgan fingerprint density at radius 1 is 1.25 bits per heavy atom. The molecule has 6 heteroatoms. The van der Waals surface area contributed by atoms with Gasteiger partial charge in [0.25, 0.3) is 0 Å². The number of alkyl halides is 1. The van der Waals surface area contributed by atoms with Crippen molar-refractivity contribution in [3.8, 4) is 5.75 Å². The summed E-state index contributed by atoms with van der Waals surface area (Å²) in [5.74, 6) is 0.0873. The third-order valence-electron chi connectivity index (χ3n) is 2.44. The second kappa shape index (κ2) is 8.43. The highest BCUT2D eigenvalue weighted by molar-refractivity contribution is 6.18. The molecule has 0 saturated heterocycles. The van der Waals surface area contributed by atoms with E-state index in [4.69, 9.17) is 21.1 Å². The van der Waals surface area contributed by atoms with Gasteiger partial charge in [0.1, 0.15) is 18.5 Å². The molecule has 0 fully saturated rings. The largest absolute Gasteiger partial charge is 0.490 e. The second-order valence-electron chi connectivity index (χ2n) is 4.09. The first-order valence-corrected chi connectivity index (χ1v) is 6.60. The standard InChI is InChI=1S/C14H17ClO5/c1-10(16)20-13(8-15)9-19-12-5-3-11(4-6-12)7-14(17)18-2/h3-6,13H,7-9H2,1-2H3. The minimum Gasteiger partial charge on any atom is -0.490 e. The first-order valence-electron chi connectivity index (χ1n) is 6.07. The van der Waals surface area contributed by atoms with Crippen LogP contribution < -0.4 is 4.74 Å². The van der Waals surface area contributed by atoms with E-state index in [1.165, 1.54) is 14.0 Å². The van der Waals surface area contributed by atoms with Crippen molar-refractivity contribution in [2.45, 2.75) is 19.4 Å². The molecule has 1 atom stereocenters. The summed E-state index contributed by atoms with van der Waals surface area (Å²) in [6, 6.07) is 7.01. The van der Waals surface area contributed by atoms with Crippen LogP contribution in [0.25, 0.3) is 0 Å². The SMILES string of the molecule is COC(=O)Cc1ccc(OCC(CCl)OC(C)=O)cc1. The molecule has 20 heavy (non-hydrogen) atoms. The lowest BCUT2D eigenvalue weighted by Gasteiger charge is -2.15. The summed E-state index contributed by atoms with van der Waals surface area (Å²) in [6.07, 6.45) is -0.266. The highest BCUT2D eigenvalue weighted by atomic mass is 35.5. The number of carbonyl (C=O) groups excluding carboxylic acids is 2. The van der Waals surface area contributed by atoms with E-state index in [2.05, 4.69) is 4.74 Å². The summed E-state index contributed by atoms with van der Waals surface area (Å²) < 4.78 is 15.0. The monoisotopic (exact) mass is 300 g/mol. The Morgan fingerprint density at radius 3 is 2.40 bits per heavy atom. The van der Waals surface area contributed by atoms with Crippen molar-refractivity contribution < 1.29 is 23.8 Å². The smallest absolute Gasteiger partial charge is 0.309 e. The van der Waals surface area contributed by atoms with Crippen LogP contribution in [0, 0.1) is 0 Å². The van der Waals surface area contributed by atoms with Crippen LogP contribution in [0.1, 0.15) is 12.5 Å². The fraction of sp³-hybridized carbons (Fsp3) is 0.429. The van der Waals surface area contributed by atoms with Crippen LogP contribution in [0.3, 0.4) is 0 Å². The van der Waals surface area contributed by atoms with Crippen LogP contribution in [-0.4, -0.2) is 37.6 Å². The molecular formula is C14H17ClO5. The minimum absolute atomic E-state index is 0.167. The van der Waals surface area contributed by atoms with Gasteiger partial charge < -0.3 is 14.2 Å². The highest BCUT2D eigenvalue weighted by Crippen LogP contribution is 2.14. The van der Waals surface area contributed by atoms with Crippen LogP contribution in [0.15, 0.2) is 24.3 Å². The van der Waals surface area contributed by atoms with Crippen LogP contribution >= 0.6 is 11.6 Å². The molecule has 1 unspecified atom stereocenters. The Bertz CT molecular complexity index is 443. The molecule has 0 bridgehead atoms. The van der Waals surface area contributed by atoms with Crippen LogP contribution in [0.2, 0.25) is 0 Å². The fourth-order valence-electron chi connectivity index (χ4n) is 1.48. The quantitative estimate of drug-likeness (QED) is 0.569. The lowest BCUT2D eigenvalue weighted by Crippen LogP contribution is -2.25. The second-order valence-corrected chi connectivity index (χ2v) is 4.40. The maximum absolute atomic E-state index is 11.1. The summed E-state index contributed by atoms with van der Waals surface area (Å²) in [4.78, 5) is 21.9. The molecule has 0 aliphatic carbocycles. The molecule has 0 N–H and O–H groups in total. The van der Waals surface area contributed by atoms with Gasteiger partial charge >= 0.3 is 11.9 Å². The molecule has 1 aromatic carbocycles. The molecule has 0 heterocycles. The first-order chi connectivity index (χ1) is 9.55. The lowest BCUT2D eigenvalue weighted by atomic mass is 10.1. The Labute approximate surface area is 122 Å². The minimum atomic E-state index is -0.482.